The number of halogens is 1. The van der Waals surface area contributed by atoms with Crippen LogP contribution in [-0.4, -0.2) is 48.2 Å². The Morgan fingerprint density at radius 3 is 2.70 bits per heavy atom. The molecular formula is C17H22BrNO4. The molecule has 6 heteroatoms. The summed E-state index contributed by atoms with van der Waals surface area (Å²) in [5, 5.41) is 0. The Balaban J connectivity index is 1.96. The topological polar surface area (TPSA) is 55.8 Å². The fraction of sp³-hybridized carbons (Fsp3) is 0.529. The van der Waals surface area contributed by atoms with Crippen LogP contribution >= 0.6 is 15.9 Å². The van der Waals surface area contributed by atoms with Crippen molar-refractivity contribution in [3.8, 4) is 0 Å². The fourth-order valence-electron chi connectivity index (χ4n) is 2.30. The third-order valence-corrected chi connectivity index (χ3v) is 4.16. The summed E-state index contributed by atoms with van der Waals surface area (Å²) in [4.78, 5) is 26.2. The van der Waals surface area contributed by atoms with Crippen LogP contribution in [0.2, 0.25) is 0 Å². The van der Waals surface area contributed by atoms with Gasteiger partial charge in [-0.2, -0.15) is 0 Å². The highest BCUT2D eigenvalue weighted by molar-refractivity contribution is 9.10. The summed E-state index contributed by atoms with van der Waals surface area (Å²) in [5.41, 5.74) is 0.361. The molecule has 2 rings (SSSR count). The zero-order chi connectivity index (χ0) is 17.0. The molecule has 126 valence electrons. The molecular weight excluding hydrogens is 362 g/mol. The van der Waals surface area contributed by atoms with Crippen LogP contribution in [0.5, 0.6) is 0 Å². The van der Waals surface area contributed by atoms with Crippen molar-refractivity contribution in [2.75, 3.05) is 19.7 Å². The summed E-state index contributed by atoms with van der Waals surface area (Å²) in [6.07, 6.45) is -0.422. The minimum Gasteiger partial charge on any atom is -0.458 e. The molecule has 1 aromatic carbocycles. The number of hydrogen-bond acceptors (Lipinski definition) is 4. The van der Waals surface area contributed by atoms with Gasteiger partial charge in [0.2, 0.25) is 5.91 Å². The first-order valence-corrected chi connectivity index (χ1v) is 8.41. The van der Waals surface area contributed by atoms with E-state index in [0.29, 0.717) is 19.6 Å². The molecule has 1 aromatic rings. The van der Waals surface area contributed by atoms with Gasteiger partial charge in [-0.15, -0.1) is 0 Å². The number of nitrogens with zero attached hydrogens (tertiary/aromatic N) is 1. The predicted molar refractivity (Wildman–Crippen MR) is 90.0 cm³/mol. The standard InChI is InChI=1S/C17H22BrNO4/c1-17(2,3)23-16(21)14-11-19(8-9-22-14)15(20)10-12-6-4-5-7-13(12)18/h4-7,14H,8-11H2,1-3H3/t14-/m1/s1. The molecule has 1 fully saturated rings. The quantitative estimate of drug-likeness (QED) is 0.752. The molecule has 0 saturated carbocycles. The Morgan fingerprint density at radius 1 is 1.35 bits per heavy atom. The molecule has 1 atom stereocenters. The number of amides is 1. The molecule has 23 heavy (non-hydrogen) atoms. The first-order chi connectivity index (χ1) is 10.8. The number of carbonyl (C=O) groups is 2. The summed E-state index contributed by atoms with van der Waals surface area (Å²) >= 11 is 3.45. The van der Waals surface area contributed by atoms with Gasteiger partial charge in [0.05, 0.1) is 19.6 Å². The van der Waals surface area contributed by atoms with Crippen LogP contribution in [0.15, 0.2) is 28.7 Å². The average Bonchev–Trinajstić information content (AvgIpc) is 2.48. The van der Waals surface area contributed by atoms with Gasteiger partial charge in [0, 0.05) is 11.0 Å². The zero-order valence-electron chi connectivity index (χ0n) is 13.7. The lowest BCUT2D eigenvalue weighted by Gasteiger charge is -2.33. The van der Waals surface area contributed by atoms with Crippen molar-refractivity contribution >= 4 is 27.8 Å². The van der Waals surface area contributed by atoms with Crippen molar-refractivity contribution in [3.05, 3.63) is 34.3 Å². The Kier molecular flexibility index (Phi) is 5.81. The van der Waals surface area contributed by atoms with Gasteiger partial charge in [-0.1, -0.05) is 34.1 Å². The molecule has 0 bridgehead atoms. The van der Waals surface area contributed by atoms with E-state index in [1.54, 1.807) is 4.90 Å². The lowest BCUT2D eigenvalue weighted by Crippen LogP contribution is -2.50. The van der Waals surface area contributed by atoms with Crippen molar-refractivity contribution in [3.63, 3.8) is 0 Å². The molecule has 0 N–H and O–H groups in total. The van der Waals surface area contributed by atoms with Crippen molar-refractivity contribution in [2.45, 2.75) is 38.9 Å². The summed E-state index contributed by atoms with van der Waals surface area (Å²) in [7, 11) is 0. The second-order valence-corrected chi connectivity index (χ2v) is 7.36. The monoisotopic (exact) mass is 383 g/mol. The molecule has 0 aromatic heterocycles. The highest BCUT2D eigenvalue weighted by Gasteiger charge is 2.32. The third kappa shape index (κ3) is 5.32. The second kappa shape index (κ2) is 7.45. The number of benzene rings is 1. The maximum Gasteiger partial charge on any atom is 0.337 e. The smallest absolute Gasteiger partial charge is 0.337 e. The Bertz CT molecular complexity index is 582. The molecule has 1 aliphatic rings. The number of morpholine rings is 1. The highest BCUT2D eigenvalue weighted by Crippen LogP contribution is 2.18. The number of ether oxygens (including phenoxy) is 2. The first kappa shape index (κ1) is 17.9. The van der Waals surface area contributed by atoms with Crippen LogP contribution in [0.1, 0.15) is 26.3 Å². The van der Waals surface area contributed by atoms with Crippen molar-refractivity contribution in [1.82, 2.24) is 4.90 Å². The van der Waals surface area contributed by atoms with E-state index in [9.17, 15) is 9.59 Å². The van der Waals surface area contributed by atoms with Gasteiger partial charge >= 0.3 is 5.97 Å². The van der Waals surface area contributed by atoms with Crippen LogP contribution in [0.4, 0.5) is 0 Å². The number of rotatable bonds is 3. The molecule has 0 aliphatic carbocycles. The van der Waals surface area contributed by atoms with E-state index in [-0.39, 0.29) is 12.5 Å². The Hall–Kier alpha value is -1.40. The molecule has 0 unspecified atom stereocenters. The number of carbonyl (C=O) groups excluding carboxylic acids is 2. The Morgan fingerprint density at radius 2 is 2.04 bits per heavy atom. The summed E-state index contributed by atoms with van der Waals surface area (Å²) in [5.74, 6) is -0.440. The molecule has 1 heterocycles. The number of esters is 1. The number of hydrogen-bond donors (Lipinski definition) is 0. The summed E-state index contributed by atoms with van der Waals surface area (Å²) in [6.45, 7) is 6.49. The van der Waals surface area contributed by atoms with E-state index >= 15 is 0 Å². The van der Waals surface area contributed by atoms with Gasteiger partial charge < -0.3 is 14.4 Å². The third-order valence-electron chi connectivity index (χ3n) is 3.39. The van der Waals surface area contributed by atoms with Crippen LogP contribution in [-0.2, 0) is 25.5 Å². The van der Waals surface area contributed by atoms with E-state index < -0.39 is 17.7 Å². The molecule has 0 radical (unpaired) electrons. The van der Waals surface area contributed by atoms with Gasteiger partial charge in [-0.25, -0.2) is 4.79 Å². The van der Waals surface area contributed by atoms with Gasteiger partial charge in [0.15, 0.2) is 6.10 Å². The van der Waals surface area contributed by atoms with Crippen molar-refractivity contribution in [1.29, 1.82) is 0 Å². The average molecular weight is 384 g/mol. The van der Waals surface area contributed by atoms with E-state index in [4.69, 9.17) is 9.47 Å². The van der Waals surface area contributed by atoms with Gasteiger partial charge in [-0.05, 0) is 32.4 Å². The predicted octanol–water partition coefficient (Wildman–Crippen LogP) is 2.56. The van der Waals surface area contributed by atoms with Crippen LogP contribution in [0.25, 0.3) is 0 Å². The largest absolute Gasteiger partial charge is 0.458 e. The first-order valence-electron chi connectivity index (χ1n) is 7.62. The molecule has 5 nitrogen and oxygen atoms in total. The molecule has 1 saturated heterocycles. The molecule has 1 aliphatic heterocycles. The fourth-order valence-corrected chi connectivity index (χ4v) is 2.73. The van der Waals surface area contributed by atoms with Gasteiger partial charge in [0.1, 0.15) is 5.60 Å². The molecule has 1 amide bonds. The normalized spacial score (nSPS) is 18.6. The van der Waals surface area contributed by atoms with E-state index in [1.807, 2.05) is 45.0 Å². The zero-order valence-corrected chi connectivity index (χ0v) is 15.3. The van der Waals surface area contributed by atoms with Crippen molar-refractivity contribution < 1.29 is 19.1 Å². The lowest BCUT2D eigenvalue weighted by molar-refractivity contribution is -0.175. The van der Waals surface area contributed by atoms with E-state index in [1.165, 1.54) is 0 Å². The van der Waals surface area contributed by atoms with Crippen LogP contribution < -0.4 is 0 Å². The maximum atomic E-state index is 12.5. The van der Waals surface area contributed by atoms with Gasteiger partial charge in [-0.3, -0.25) is 4.79 Å². The highest BCUT2D eigenvalue weighted by atomic mass is 79.9. The summed E-state index contributed by atoms with van der Waals surface area (Å²) in [6, 6.07) is 7.63. The maximum absolute atomic E-state index is 12.5. The summed E-state index contributed by atoms with van der Waals surface area (Å²) < 4.78 is 11.7. The second-order valence-electron chi connectivity index (χ2n) is 6.50. The van der Waals surface area contributed by atoms with E-state index in [0.717, 1.165) is 10.0 Å². The minimum absolute atomic E-state index is 0.0197. The molecule has 0 spiro atoms. The lowest BCUT2D eigenvalue weighted by atomic mass is 10.1. The van der Waals surface area contributed by atoms with E-state index in [2.05, 4.69) is 15.9 Å². The SMILES string of the molecule is CC(C)(C)OC(=O)[C@H]1CN(C(=O)Cc2ccccc2Br)CCO1. The van der Waals surface area contributed by atoms with Gasteiger partial charge in [0.25, 0.3) is 0 Å². The van der Waals surface area contributed by atoms with Crippen LogP contribution in [0, 0.1) is 0 Å². The Labute approximate surface area is 145 Å². The van der Waals surface area contributed by atoms with Crippen LogP contribution in [0.3, 0.4) is 0 Å². The minimum atomic E-state index is -0.717. The van der Waals surface area contributed by atoms with Crippen molar-refractivity contribution in [2.24, 2.45) is 0 Å².